The van der Waals surface area contributed by atoms with Crippen molar-refractivity contribution in [3.63, 3.8) is 0 Å². The van der Waals surface area contributed by atoms with Crippen molar-refractivity contribution in [3.8, 4) is 0 Å². The van der Waals surface area contributed by atoms with E-state index in [1.54, 1.807) is 0 Å². The molecule has 0 aliphatic heterocycles. The van der Waals surface area contributed by atoms with Crippen LogP contribution in [0.15, 0.2) is 5.16 Å². The standard InChI is InChI=1S/C10H17N3O3S2/c1-3-8-11-12-10(17-7-9(14)15)13(8)5-6-18(16)4-2/h3-7H2,1-2H3,(H,14,15). The fraction of sp³-hybridized carbons (Fsp3) is 0.700. The number of carboxylic acids is 1. The Bertz CT molecular complexity index is 434. The van der Waals surface area contributed by atoms with E-state index >= 15 is 0 Å². The first-order valence-corrected chi connectivity index (χ1v) is 8.17. The SMILES string of the molecule is CCc1nnc(SCC(=O)O)n1CCS(=O)CC. The molecular weight excluding hydrogens is 274 g/mol. The largest absolute Gasteiger partial charge is 0.481 e. The normalized spacial score (nSPS) is 12.6. The molecule has 0 bridgehead atoms. The Morgan fingerprint density at radius 3 is 2.72 bits per heavy atom. The minimum absolute atomic E-state index is 0.0429. The molecule has 0 aliphatic rings. The van der Waals surface area contributed by atoms with Crippen LogP contribution < -0.4 is 0 Å². The van der Waals surface area contributed by atoms with Gasteiger partial charge in [0.05, 0.1) is 5.75 Å². The summed E-state index contributed by atoms with van der Waals surface area (Å²) in [7, 11) is -0.845. The van der Waals surface area contributed by atoms with Gasteiger partial charge in [-0.2, -0.15) is 0 Å². The molecule has 0 amide bonds. The van der Waals surface area contributed by atoms with E-state index in [0.717, 1.165) is 24.0 Å². The molecule has 0 spiro atoms. The topological polar surface area (TPSA) is 85.1 Å². The lowest BCUT2D eigenvalue weighted by atomic mass is 10.4. The molecule has 18 heavy (non-hydrogen) atoms. The van der Waals surface area contributed by atoms with Crippen molar-refractivity contribution < 1.29 is 14.1 Å². The molecule has 0 aromatic carbocycles. The zero-order chi connectivity index (χ0) is 13.5. The van der Waals surface area contributed by atoms with Gasteiger partial charge in [-0.05, 0) is 0 Å². The van der Waals surface area contributed by atoms with Gasteiger partial charge >= 0.3 is 5.97 Å². The van der Waals surface area contributed by atoms with Crippen molar-refractivity contribution in [2.75, 3.05) is 17.3 Å². The van der Waals surface area contributed by atoms with Gasteiger partial charge in [0.2, 0.25) is 0 Å². The Morgan fingerprint density at radius 1 is 1.44 bits per heavy atom. The quantitative estimate of drug-likeness (QED) is 0.713. The Labute approximate surface area is 113 Å². The Hall–Kier alpha value is -0.890. The molecular formula is C10H17N3O3S2. The number of aryl methyl sites for hydroxylation is 1. The van der Waals surface area contributed by atoms with Crippen LogP contribution in [0, 0.1) is 0 Å². The van der Waals surface area contributed by atoms with Crippen molar-refractivity contribution in [3.05, 3.63) is 5.82 Å². The summed E-state index contributed by atoms with van der Waals surface area (Å²) in [6.07, 6.45) is 0.722. The van der Waals surface area contributed by atoms with E-state index in [1.165, 1.54) is 0 Å². The Balaban J connectivity index is 2.74. The van der Waals surface area contributed by atoms with Crippen molar-refractivity contribution in [1.29, 1.82) is 0 Å². The van der Waals surface area contributed by atoms with Gasteiger partial charge in [-0.1, -0.05) is 25.6 Å². The summed E-state index contributed by atoms with van der Waals surface area (Å²) >= 11 is 1.14. The fourth-order valence-electron chi connectivity index (χ4n) is 1.38. The summed E-state index contributed by atoms with van der Waals surface area (Å²) < 4.78 is 13.3. The van der Waals surface area contributed by atoms with E-state index in [-0.39, 0.29) is 5.75 Å². The number of rotatable bonds is 8. The minimum Gasteiger partial charge on any atom is -0.481 e. The molecule has 8 heteroatoms. The lowest BCUT2D eigenvalue weighted by Crippen LogP contribution is -2.13. The molecule has 6 nitrogen and oxygen atoms in total. The second-order valence-electron chi connectivity index (χ2n) is 3.52. The third-order valence-corrected chi connectivity index (χ3v) is 4.53. The Kier molecular flexibility index (Phi) is 6.34. The molecule has 1 rings (SSSR count). The van der Waals surface area contributed by atoms with Crippen molar-refractivity contribution in [2.45, 2.75) is 32.0 Å². The highest BCUT2D eigenvalue weighted by molar-refractivity contribution is 7.99. The van der Waals surface area contributed by atoms with Gasteiger partial charge in [-0.15, -0.1) is 10.2 Å². The number of carboxylic acid groups (broad SMARTS) is 1. The van der Waals surface area contributed by atoms with Crippen LogP contribution in [-0.4, -0.2) is 47.3 Å². The van der Waals surface area contributed by atoms with Gasteiger partial charge in [-0.3, -0.25) is 9.00 Å². The van der Waals surface area contributed by atoms with Crippen LogP contribution in [-0.2, 0) is 28.6 Å². The number of aliphatic carboxylic acids is 1. The fourth-order valence-corrected chi connectivity index (χ4v) is 2.75. The van der Waals surface area contributed by atoms with Crippen LogP contribution in [0.25, 0.3) is 0 Å². The van der Waals surface area contributed by atoms with Crippen LogP contribution in [0.2, 0.25) is 0 Å². The highest BCUT2D eigenvalue weighted by atomic mass is 32.2. The first kappa shape index (κ1) is 15.2. The van der Waals surface area contributed by atoms with E-state index in [0.29, 0.717) is 23.2 Å². The van der Waals surface area contributed by atoms with Gasteiger partial charge in [-0.25, -0.2) is 0 Å². The van der Waals surface area contributed by atoms with Crippen LogP contribution in [0.1, 0.15) is 19.7 Å². The van der Waals surface area contributed by atoms with E-state index in [4.69, 9.17) is 5.11 Å². The zero-order valence-corrected chi connectivity index (χ0v) is 12.1. The van der Waals surface area contributed by atoms with Gasteiger partial charge in [0.15, 0.2) is 5.16 Å². The predicted octanol–water partition coefficient (Wildman–Crippen LogP) is 0.786. The molecule has 0 fully saturated rings. The monoisotopic (exact) mass is 291 g/mol. The molecule has 1 aromatic heterocycles. The summed E-state index contributed by atoms with van der Waals surface area (Å²) in [5, 5.41) is 17.2. The van der Waals surface area contributed by atoms with Crippen molar-refractivity contribution in [2.24, 2.45) is 0 Å². The number of carbonyl (C=O) groups is 1. The van der Waals surface area contributed by atoms with Crippen LogP contribution >= 0.6 is 11.8 Å². The van der Waals surface area contributed by atoms with E-state index in [2.05, 4.69) is 10.2 Å². The average Bonchev–Trinajstić information content (AvgIpc) is 2.75. The highest BCUT2D eigenvalue weighted by Gasteiger charge is 2.13. The molecule has 1 N–H and O–H groups in total. The maximum atomic E-state index is 11.4. The van der Waals surface area contributed by atoms with E-state index < -0.39 is 16.8 Å². The third-order valence-electron chi connectivity index (χ3n) is 2.30. The van der Waals surface area contributed by atoms with Gasteiger partial charge in [0, 0.05) is 35.3 Å². The van der Waals surface area contributed by atoms with Gasteiger partial charge in [0.1, 0.15) is 5.82 Å². The second kappa shape index (κ2) is 7.52. The van der Waals surface area contributed by atoms with Crippen molar-refractivity contribution in [1.82, 2.24) is 14.8 Å². The molecule has 1 heterocycles. The molecule has 1 atom stereocenters. The van der Waals surface area contributed by atoms with E-state index in [1.807, 2.05) is 18.4 Å². The summed E-state index contributed by atoms with van der Waals surface area (Å²) in [6, 6.07) is 0. The molecule has 0 saturated carbocycles. The highest BCUT2D eigenvalue weighted by Crippen LogP contribution is 2.17. The van der Waals surface area contributed by atoms with Gasteiger partial charge < -0.3 is 9.67 Å². The number of hydrogen-bond donors (Lipinski definition) is 1. The van der Waals surface area contributed by atoms with E-state index in [9.17, 15) is 9.00 Å². The van der Waals surface area contributed by atoms with Crippen molar-refractivity contribution >= 4 is 28.5 Å². The first-order valence-electron chi connectivity index (χ1n) is 5.70. The summed E-state index contributed by atoms with van der Waals surface area (Å²) in [5.41, 5.74) is 0. The lowest BCUT2D eigenvalue weighted by Gasteiger charge is -2.07. The van der Waals surface area contributed by atoms with Gasteiger partial charge in [0.25, 0.3) is 0 Å². The van der Waals surface area contributed by atoms with Crippen LogP contribution in [0.5, 0.6) is 0 Å². The zero-order valence-electron chi connectivity index (χ0n) is 10.5. The van der Waals surface area contributed by atoms with Crippen LogP contribution in [0.4, 0.5) is 0 Å². The molecule has 1 unspecified atom stereocenters. The third kappa shape index (κ3) is 4.41. The van der Waals surface area contributed by atoms with Crippen LogP contribution in [0.3, 0.4) is 0 Å². The maximum absolute atomic E-state index is 11.4. The average molecular weight is 291 g/mol. The maximum Gasteiger partial charge on any atom is 0.313 e. The summed E-state index contributed by atoms with van der Waals surface area (Å²) in [4.78, 5) is 10.5. The number of hydrogen-bond acceptors (Lipinski definition) is 5. The Morgan fingerprint density at radius 2 is 2.17 bits per heavy atom. The molecule has 0 saturated heterocycles. The smallest absolute Gasteiger partial charge is 0.313 e. The summed E-state index contributed by atoms with van der Waals surface area (Å²) in [5.74, 6) is 1.04. The first-order chi connectivity index (χ1) is 8.58. The predicted molar refractivity (Wildman–Crippen MR) is 71.3 cm³/mol. The molecule has 0 radical (unpaired) electrons. The summed E-state index contributed by atoms with van der Waals surface area (Å²) in [6.45, 7) is 4.41. The molecule has 102 valence electrons. The second-order valence-corrected chi connectivity index (χ2v) is 6.33. The molecule has 0 aliphatic carbocycles. The number of aromatic nitrogens is 3. The lowest BCUT2D eigenvalue weighted by molar-refractivity contribution is -0.133. The molecule has 1 aromatic rings. The number of thioether (sulfide) groups is 1. The minimum atomic E-state index is -0.885. The number of nitrogens with zero attached hydrogens (tertiary/aromatic N) is 3.